The van der Waals surface area contributed by atoms with E-state index in [-0.39, 0.29) is 10.7 Å². The summed E-state index contributed by atoms with van der Waals surface area (Å²) in [5.41, 5.74) is 0.242. The molecule has 2 N–H and O–H groups in total. The molecule has 132 valence electrons. The van der Waals surface area contributed by atoms with E-state index in [4.69, 9.17) is 11.6 Å². The fraction of sp³-hybridized carbons (Fsp3) is 0.176. The van der Waals surface area contributed by atoms with E-state index in [1.165, 1.54) is 0 Å². The van der Waals surface area contributed by atoms with E-state index >= 15 is 0 Å². The highest BCUT2D eigenvalue weighted by molar-refractivity contribution is 6.33. The SMILES string of the molecule is Cc1ccc(C(=O)NCC(=O)Nc2cc(C(F)(F)F)ccc2Cl)cc1. The van der Waals surface area contributed by atoms with Crippen molar-refractivity contribution in [2.45, 2.75) is 13.1 Å². The van der Waals surface area contributed by atoms with Gasteiger partial charge in [0.1, 0.15) is 0 Å². The van der Waals surface area contributed by atoms with Gasteiger partial charge in [-0.3, -0.25) is 9.59 Å². The first kappa shape index (κ1) is 18.8. The number of rotatable bonds is 4. The predicted octanol–water partition coefficient (Wildman–Crippen LogP) is 4.04. The van der Waals surface area contributed by atoms with Crippen molar-refractivity contribution in [1.82, 2.24) is 5.32 Å². The van der Waals surface area contributed by atoms with E-state index in [1.54, 1.807) is 24.3 Å². The molecule has 2 amide bonds. The summed E-state index contributed by atoms with van der Waals surface area (Å²) in [5.74, 6) is -1.16. The number of hydrogen-bond donors (Lipinski definition) is 2. The number of carbonyl (C=O) groups excluding carboxylic acids is 2. The van der Waals surface area contributed by atoms with Crippen LogP contribution in [-0.2, 0) is 11.0 Å². The molecular formula is C17H14ClF3N2O2. The van der Waals surface area contributed by atoms with Gasteiger partial charge in [-0.25, -0.2) is 0 Å². The van der Waals surface area contributed by atoms with Crippen LogP contribution in [-0.4, -0.2) is 18.4 Å². The minimum Gasteiger partial charge on any atom is -0.343 e. The monoisotopic (exact) mass is 370 g/mol. The predicted molar refractivity (Wildman–Crippen MR) is 88.6 cm³/mol. The summed E-state index contributed by atoms with van der Waals surface area (Å²) in [5, 5.41) is 4.60. The number of benzene rings is 2. The number of alkyl halides is 3. The molecule has 0 aliphatic rings. The van der Waals surface area contributed by atoms with Crippen molar-refractivity contribution in [3.05, 3.63) is 64.2 Å². The highest BCUT2D eigenvalue weighted by Crippen LogP contribution is 2.33. The molecule has 2 rings (SSSR count). The highest BCUT2D eigenvalue weighted by atomic mass is 35.5. The first-order valence-corrected chi connectivity index (χ1v) is 7.56. The average Bonchev–Trinajstić information content (AvgIpc) is 2.54. The maximum absolute atomic E-state index is 12.7. The second-order valence-corrected chi connectivity index (χ2v) is 5.70. The first-order valence-electron chi connectivity index (χ1n) is 7.18. The molecule has 0 aliphatic heterocycles. The van der Waals surface area contributed by atoms with Crippen molar-refractivity contribution in [2.24, 2.45) is 0 Å². The second-order valence-electron chi connectivity index (χ2n) is 5.29. The number of aryl methyl sites for hydroxylation is 1. The Morgan fingerprint density at radius 2 is 1.72 bits per heavy atom. The molecule has 4 nitrogen and oxygen atoms in total. The summed E-state index contributed by atoms with van der Waals surface area (Å²) in [6.07, 6.45) is -4.55. The summed E-state index contributed by atoms with van der Waals surface area (Å²) in [6, 6.07) is 9.30. The Bertz CT molecular complexity index is 789. The quantitative estimate of drug-likeness (QED) is 0.853. The van der Waals surface area contributed by atoms with Crippen LogP contribution in [0.15, 0.2) is 42.5 Å². The molecule has 0 spiro atoms. The third-order valence-electron chi connectivity index (χ3n) is 3.29. The number of halogens is 4. The van der Waals surface area contributed by atoms with Crippen LogP contribution in [0.3, 0.4) is 0 Å². The topological polar surface area (TPSA) is 58.2 Å². The lowest BCUT2D eigenvalue weighted by atomic mass is 10.1. The van der Waals surface area contributed by atoms with E-state index in [1.807, 2.05) is 6.92 Å². The van der Waals surface area contributed by atoms with Crippen molar-refractivity contribution in [3.8, 4) is 0 Å². The van der Waals surface area contributed by atoms with Gasteiger partial charge in [0.05, 0.1) is 22.8 Å². The lowest BCUT2D eigenvalue weighted by Gasteiger charge is -2.12. The van der Waals surface area contributed by atoms with Gasteiger partial charge in [0, 0.05) is 5.56 Å². The smallest absolute Gasteiger partial charge is 0.343 e. The zero-order valence-corrected chi connectivity index (χ0v) is 13.8. The molecule has 8 heteroatoms. The lowest BCUT2D eigenvalue weighted by molar-refractivity contribution is -0.137. The molecule has 0 fully saturated rings. The van der Waals surface area contributed by atoms with E-state index in [2.05, 4.69) is 10.6 Å². The molecule has 0 aromatic heterocycles. The Kier molecular flexibility index (Phi) is 5.69. The Morgan fingerprint density at radius 3 is 2.32 bits per heavy atom. The van der Waals surface area contributed by atoms with Gasteiger partial charge in [0.2, 0.25) is 5.91 Å². The molecule has 0 atom stereocenters. The number of anilines is 1. The Balaban J connectivity index is 1.98. The van der Waals surface area contributed by atoms with E-state index in [9.17, 15) is 22.8 Å². The lowest BCUT2D eigenvalue weighted by Crippen LogP contribution is -2.32. The largest absolute Gasteiger partial charge is 0.416 e. The number of carbonyl (C=O) groups is 2. The van der Waals surface area contributed by atoms with Crippen LogP contribution >= 0.6 is 11.6 Å². The van der Waals surface area contributed by atoms with Gasteiger partial charge >= 0.3 is 6.18 Å². The molecule has 0 saturated carbocycles. The van der Waals surface area contributed by atoms with Crippen molar-refractivity contribution < 1.29 is 22.8 Å². The maximum Gasteiger partial charge on any atom is 0.416 e. The Hall–Kier alpha value is -2.54. The molecule has 25 heavy (non-hydrogen) atoms. The van der Waals surface area contributed by atoms with Gasteiger partial charge in [-0.1, -0.05) is 29.3 Å². The van der Waals surface area contributed by atoms with Crippen LogP contribution in [0, 0.1) is 6.92 Å². The molecule has 0 unspecified atom stereocenters. The van der Waals surface area contributed by atoms with Gasteiger partial charge in [-0.15, -0.1) is 0 Å². The summed E-state index contributed by atoms with van der Waals surface area (Å²) in [4.78, 5) is 23.7. The summed E-state index contributed by atoms with van der Waals surface area (Å²) >= 11 is 5.79. The average molecular weight is 371 g/mol. The normalized spacial score (nSPS) is 11.1. The molecule has 0 radical (unpaired) electrons. The third-order valence-corrected chi connectivity index (χ3v) is 3.62. The fourth-order valence-electron chi connectivity index (χ4n) is 1.96. The van der Waals surface area contributed by atoms with Crippen molar-refractivity contribution in [3.63, 3.8) is 0 Å². The van der Waals surface area contributed by atoms with Gasteiger partial charge in [0.15, 0.2) is 0 Å². The molecular weight excluding hydrogens is 357 g/mol. The van der Waals surface area contributed by atoms with Crippen molar-refractivity contribution in [1.29, 1.82) is 0 Å². The highest BCUT2D eigenvalue weighted by Gasteiger charge is 2.31. The van der Waals surface area contributed by atoms with E-state index in [0.717, 1.165) is 23.8 Å². The zero-order chi connectivity index (χ0) is 18.6. The molecule has 0 bridgehead atoms. The fourth-order valence-corrected chi connectivity index (χ4v) is 2.12. The van der Waals surface area contributed by atoms with Gasteiger partial charge in [0.25, 0.3) is 5.91 Å². The van der Waals surface area contributed by atoms with Crippen molar-refractivity contribution in [2.75, 3.05) is 11.9 Å². The van der Waals surface area contributed by atoms with E-state index < -0.39 is 30.1 Å². The maximum atomic E-state index is 12.7. The van der Waals surface area contributed by atoms with Crippen LogP contribution in [0.1, 0.15) is 21.5 Å². The molecule has 2 aromatic rings. The number of nitrogens with one attached hydrogen (secondary N) is 2. The van der Waals surface area contributed by atoms with E-state index in [0.29, 0.717) is 5.56 Å². The standard InChI is InChI=1S/C17H14ClF3N2O2/c1-10-2-4-11(5-3-10)16(25)22-9-15(24)23-14-8-12(17(19,20)21)6-7-13(14)18/h2-8H,9H2,1H3,(H,22,25)(H,23,24). The van der Waals surface area contributed by atoms with Crippen LogP contribution in [0.4, 0.5) is 18.9 Å². The van der Waals surface area contributed by atoms with Gasteiger partial charge in [-0.2, -0.15) is 13.2 Å². The second kappa shape index (κ2) is 7.57. The molecule has 0 aliphatic carbocycles. The first-order chi connectivity index (χ1) is 11.7. The number of hydrogen-bond acceptors (Lipinski definition) is 2. The zero-order valence-electron chi connectivity index (χ0n) is 13.1. The van der Waals surface area contributed by atoms with Crippen LogP contribution < -0.4 is 10.6 Å². The third kappa shape index (κ3) is 5.22. The van der Waals surface area contributed by atoms with Crippen LogP contribution in [0.2, 0.25) is 5.02 Å². The Labute approximate surface area is 147 Å². The molecule has 0 saturated heterocycles. The van der Waals surface area contributed by atoms with Crippen LogP contribution in [0.5, 0.6) is 0 Å². The summed E-state index contributed by atoms with van der Waals surface area (Å²) in [6.45, 7) is 1.47. The summed E-state index contributed by atoms with van der Waals surface area (Å²) in [7, 11) is 0. The van der Waals surface area contributed by atoms with Gasteiger partial charge in [-0.05, 0) is 37.3 Å². The molecule has 2 aromatic carbocycles. The number of amides is 2. The minimum atomic E-state index is -4.55. The van der Waals surface area contributed by atoms with Crippen LogP contribution in [0.25, 0.3) is 0 Å². The minimum absolute atomic E-state index is 0.0359. The summed E-state index contributed by atoms with van der Waals surface area (Å²) < 4.78 is 38.1. The van der Waals surface area contributed by atoms with Crippen molar-refractivity contribution >= 4 is 29.1 Å². The Morgan fingerprint density at radius 1 is 1.08 bits per heavy atom. The molecule has 0 heterocycles. The van der Waals surface area contributed by atoms with Gasteiger partial charge < -0.3 is 10.6 Å².